The van der Waals surface area contributed by atoms with Crippen LogP contribution in [0, 0.1) is 13.8 Å². The largest absolute Gasteiger partial charge is 0.440 e. The fraction of sp³-hybridized carbons (Fsp3) is 0.300. The molecule has 1 atom stereocenters. The van der Waals surface area contributed by atoms with Gasteiger partial charge in [-0.3, -0.25) is 4.79 Å². The van der Waals surface area contributed by atoms with Gasteiger partial charge in [-0.2, -0.15) is 0 Å². The first-order chi connectivity index (χ1) is 12.5. The van der Waals surface area contributed by atoms with E-state index in [9.17, 15) is 4.79 Å². The highest BCUT2D eigenvalue weighted by Crippen LogP contribution is 2.28. The molecule has 26 heavy (non-hydrogen) atoms. The number of rotatable bonds is 7. The van der Waals surface area contributed by atoms with Crippen LogP contribution in [0.4, 0.5) is 0 Å². The standard InChI is InChI=1S/C20H22N2O2S2/c1-13-6-8-16(9-7-13)11-21-19(23)15(3)26-12-17-14(2)24-20(22-17)18-5-4-10-25-18/h4-10,15H,11-12H2,1-3H3,(H,21,23). The van der Waals surface area contributed by atoms with Crippen molar-refractivity contribution in [1.29, 1.82) is 0 Å². The highest BCUT2D eigenvalue weighted by atomic mass is 32.2. The van der Waals surface area contributed by atoms with E-state index in [4.69, 9.17) is 4.42 Å². The maximum atomic E-state index is 12.3. The lowest BCUT2D eigenvalue weighted by Crippen LogP contribution is -2.30. The van der Waals surface area contributed by atoms with Crippen LogP contribution in [0.25, 0.3) is 10.8 Å². The Kier molecular flexibility index (Phi) is 6.16. The number of aryl methyl sites for hydroxylation is 2. The lowest BCUT2D eigenvalue weighted by molar-refractivity contribution is -0.120. The number of nitrogens with one attached hydrogen (secondary N) is 1. The Morgan fingerprint density at radius 3 is 2.73 bits per heavy atom. The van der Waals surface area contributed by atoms with Crippen LogP contribution in [0.3, 0.4) is 0 Å². The van der Waals surface area contributed by atoms with Gasteiger partial charge in [-0.1, -0.05) is 35.9 Å². The summed E-state index contributed by atoms with van der Waals surface area (Å²) in [7, 11) is 0. The van der Waals surface area contributed by atoms with Gasteiger partial charge in [0.05, 0.1) is 15.8 Å². The summed E-state index contributed by atoms with van der Waals surface area (Å²) in [5, 5.41) is 4.85. The summed E-state index contributed by atoms with van der Waals surface area (Å²) in [6.07, 6.45) is 0. The average molecular weight is 387 g/mol. The third-order valence-electron chi connectivity index (χ3n) is 4.05. The Morgan fingerprint density at radius 1 is 1.27 bits per heavy atom. The zero-order chi connectivity index (χ0) is 18.5. The van der Waals surface area contributed by atoms with Crippen LogP contribution in [0.2, 0.25) is 0 Å². The summed E-state index contributed by atoms with van der Waals surface area (Å²) in [4.78, 5) is 17.9. The molecule has 1 N–H and O–H groups in total. The molecule has 0 fully saturated rings. The molecule has 0 saturated carbocycles. The second kappa shape index (κ2) is 8.56. The zero-order valence-corrected chi connectivity index (χ0v) is 16.7. The molecule has 0 spiro atoms. The molecule has 0 radical (unpaired) electrons. The van der Waals surface area contributed by atoms with Crippen molar-refractivity contribution in [2.24, 2.45) is 0 Å². The van der Waals surface area contributed by atoms with E-state index in [2.05, 4.69) is 29.4 Å². The minimum atomic E-state index is -0.151. The van der Waals surface area contributed by atoms with Crippen LogP contribution < -0.4 is 5.32 Å². The van der Waals surface area contributed by atoms with Gasteiger partial charge in [0.2, 0.25) is 11.8 Å². The molecular formula is C20H22N2O2S2. The van der Waals surface area contributed by atoms with Crippen molar-refractivity contribution in [3.63, 3.8) is 0 Å². The van der Waals surface area contributed by atoms with Crippen molar-refractivity contribution >= 4 is 29.0 Å². The molecule has 0 aliphatic heterocycles. The van der Waals surface area contributed by atoms with Gasteiger partial charge < -0.3 is 9.73 Å². The van der Waals surface area contributed by atoms with E-state index in [1.54, 1.807) is 23.1 Å². The van der Waals surface area contributed by atoms with Crippen LogP contribution in [0.5, 0.6) is 0 Å². The molecule has 6 heteroatoms. The predicted octanol–water partition coefficient (Wildman–Crippen LogP) is 4.96. The van der Waals surface area contributed by atoms with Crippen LogP contribution in [-0.2, 0) is 17.1 Å². The maximum Gasteiger partial charge on any atom is 0.236 e. The topological polar surface area (TPSA) is 55.1 Å². The quantitative estimate of drug-likeness (QED) is 0.624. The van der Waals surface area contributed by atoms with Crippen LogP contribution >= 0.6 is 23.1 Å². The van der Waals surface area contributed by atoms with Gasteiger partial charge >= 0.3 is 0 Å². The van der Waals surface area contributed by atoms with E-state index in [1.807, 2.05) is 43.5 Å². The van der Waals surface area contributed by atoms with E-state index in [0.717, 1.165) is 21.9 Å². The van der Waals surface area contributed by atoms with Gasteiger partial charge in [-0.15, -0.1) is 23.1 Å². The van der Waals surface area contributed by atoms with Crippen molar-refractivity contribution in [1.82, 2.24) is 10.3 Å². The number of amides is 1. The lowest BCUT2D eigenvalue weighted by Gasteiger charge is -2.11. The summed E-state index contributed by atoms with van der Waals surface area (Å²) in [6.45, 7) is 6.44. The average Bonchev–Trinajstić information content (AvgIpc) is 3.28. The van der Waals surface area contributed by atoms with Gasteiger partial charge in [-0.25, -0.2) is 4.98 Å². The third kappa shape index (κ3) is 4.77. The Morgan fingerprint density at radius 2 is 2.04 bits per heavy atom. The number of hydrogen-bond acceptors (Lipinski definition) is 5. The summed E-state index contributed by atoms with van der Waals surface area (Å²) in [5.41, 5.74) is 3.22. The number of thiophene rings is 1. The van der Waals surface area contributed by atoms with Gasteiger partial charge in [0, 0.05) is 12.3 Å². The van der Waals surface area contributed by atoms with Gasteiger partial charge in [0.1, 0.15) is 5.76 Å². The Hall–Kier alpha value is -2.05. The first kappa shape index (κ1) is 18.7. The zero-order valence-electron chi connectivity index (χ0n) is 15.1. The highest BCUT2D eigenvalue weighted by molar-refractivity contribution is 7.99. The third-order valence-corrected chi connectivity index (χ3v) is 6.06. The summed E-state index contributed by atoms with van der Waals surface area (Å²) in [5.74, 6) is 2.16. The fourth-order valence-corrected chi connectivity index (χ4v) is 3.95. The fourth-order valence-electron chi connectivity index (χ4n) is 2.39. The van der Waals surface area contributed by atoms with E-state index < -0.39 is 0 Å². The summed E-state index contributed by atoms with van der Waals surface area (Å²) >= 11 is 3.17. The molecular weight excluding hydrogens is 364 g/mol. The first-order valence-electron chi connectivity index (χ1n) is 8.48. The minimum absolute atomic E-state index is 0.0372. The number of hydrogen-bond donors (Lipinski definition) is 1. The summed E-state index contributed by atoms with van der Waals surface area (Å²) in [6, 6.07) is 12.2. The maximum absolute atomic E-state index is 12.3. The Balaban J connectivity index is 1.51. The Labute approximate surface area is 162 Å². The predicted molar refractivity (Wildman–Crippen MR) is 108 cm³/mol. The molecule has 1 amide bonds. The molecule has 3 aromatic rings. The van der Waals surface area contributed by atoms with Crippen LogP contribution in [0.15, 0.2) is 46.2 Å². The van der Waals surface area contributed by atoms with Crippen LogP contribution in [-0.4, -0.2) is 16.1 Å². The van der Waals surface area contributed by atoms with Gasteiger partial charge in [-0.05, 0) is 37.8 Å². The van der Waals surface area contributed by atoms with E-state index in [0.29, 0.717) is 18.2 Å². The number of carbonyl (C=O) groups is 1. The molecule has 4 nitrogen and oxygen atoms in total. The highest BCUT2D eigenvalue weighted by Gasteiger charge is 2.17. The molecule has 1 aromatic carbocycles. The molecule has 1 unspecified atom stereocenters. The second-order valence-electron chi connectivity index (χ2n) is 6.16. The van der Waals surface area contributed by atoms with Crippen molar-refractivity contribution in [3.05, 3.63) is 64.4 Å². The van der Waals surface area contributed by atoms with Crippen molar-refractivity contribution in [3.8, 4) is 10.8 Å². The molecule has 2 heterocycles. The number of benzene rings is 1. The van der Waals surface area contributed by atoms with Crippen LogP contribution in [0.1, 0.15) is 29.5 Å². The molecule has 136 valence electrons. The van der Waals surface area contributed by atoms with Crippen molar-refractivity contribution in [2.75, 3.05) is 0 Å². The number of carbonyl (C=O) groups excluding carboxylic acids is 1. The number of nitrogens with zero attached hydrogens (tertiary/aromatic N) is 1. The van der Waals surface area contributed by atoms with Gasteiger partial charge in [0.25, 0.3) is 0 Å². The van der Waals surface area contributed by atoms with E-state index in [1.165, 1.54) is 5.56 Å². The lowest BCUT2D eigenvalue weighted by atomic mass is 10.1. The Bertz CT molecular complexity index is 855. The summed E-state index contributed by atoms with van der Waals surface area (Å²) < 4.78 is 5.75. The minimum Gasteiger partial charge on any atom is -0.440 e. The monoisotopic (exact) mass is 386 g/mol. The number of oxazole rings is 1. The molecule has 0 aliphatic carbocycles. The first-order valence-corrected chi connectivity index (χ1v) is 10.4. The normalized spacial score (nSPS) is 12.1. The second-order valence-corrected chi connectivity index (χ2v) is 8.43. The van der Waals surface area contributed by atoms with Crippen molar-refractivity contribution < 1.29 is 9.21 Å². The SMILES string of the molecule is Cc1ccc(CNC(=O)C(C)SCc2nc(-c3cccs3)oc2C)cc1. The molecule has 0 saturated heterocycles. The number of aromatic nitrogens is 1. The molecule has 0 aliphatic rings. The number of thioether (sulfide) groups is 1. The van der Waals surface area contributed by atoms with Gasteiger partial charge in [0.15, 0.2) is 0 Å². The molecule has 3 rings (SSSR count). The van der Waals surface area contributed by atoms with Crippen molar-refractivity contribution in [2.45, 2.75) is 38.3 Å². The van der Waals surface area contributed by atoms with E-state index >= 15 is 0 Å². The molecule has 0 bridgehead atoms. The van der Waals surface area contributed by atoms with E-state index in [-0.39, 0.29) is 11.2 Å². The molecule has 2 aromatic heterocycles. The smallest absolute Gasteiger partial charge is 0.236 e.